The molecule has 1 amide bonds. The monoisotopic (exact) mass is 516 g/mol. The van der Waals surface area contributed by atoms with Gasteiger partial charge in [0.1, 0.15) is 17.2 Å². The number of aryl methyl sites for hydroxylation is 1. The van der Waals surface area contributed by atoms with Crippen molar-refractivity contribution >= 4 is 29.1 Å². The van der Waals surface area contributed by atoms with E-state index in [1.807, 2.05) is 61.1 Å². The summed E-state index contributed by atoms with van der Waals surface area (Å²) in [5.74, 6) is 0.542. The van der Waals surface area contributed by atoms with Crippen LogP contribution < -0.4 is 19.5 Å². The van der Waals surface area contributed by atoms with E-state index in [4.69, 9.17) is 14.2 Å². The lowest BCUT2D eigenvalue weighted by atomic mass is 9.98. The van der Waals surface area contributed by atoms with Gasteiger partial charge in [0.15, 0.2) is 0 Å². The van der Waals surface area contributed by atoms with E-state index in [1.165, 1.54) is 14.2 Å². The van der Waals surface area contributed by atoms with Crippen LogP contribution in [0.1, 0.15) is 41.3 Å². The zero-order chi connectivity index (χ0) is 27.4. The summed E-state index contributed by atoms with van der Waals surface area (Å²) in [7, 11) is 6.58. The summed E-state index contributed by atoms with van der Waals surface area (Å²) in [4.78, 5) is 24.4. The first kappa shape index (κ1) is 26.6. The maximum absolute atomic E-state index is 13.0. The highest BCUT2D eigenvalue weighted by molar-refractivity contribution is 6.08. The number of carbonyl (C=O) groups is 2. The Kier molecular flexibility index (Phi) is 7.90. The van der Waals surface area contributed by atoms with Crippen LogP contribution in [0.15, 0.2) is 54.2 Å². The summed E-state index contributed by atoms with van der Waals surface area (Å²) in [5.41, 5.74) is 7.09. The second-order valence-electron chi connectivity index (χ2n) is 9.11. The number of ether oxygens (including phenoxy) is 3. The Bertz CT molecular complexity index is 1420. The minimum atomic E-state index is -0.972. The molecule has 2 aromatic carbocycles. The Morgan fingerprint density at radius 3 is 2.26 bits per heavy atom. The lowest BCUT2D eigenvalue weighted by molar-refractivity contribution is -0.136. The number of amides is 1. The van der Waals surface area contributed by atoms with Gasteiger partial charge in [-0.3, -0.25) is 9.59 Å². The molecule has 0 spiro atoms. The van der Waals surface area contributed by atoms with Crippen LogP contribution >= 0.6 is 0 Å². The number of methoxy groups -OCH3 is 3. The highest BCUT2D eigenvalue weighted by Crippen LogP contribution is 2.45. The first-order valence-corrected chi connectivity index (χ1v) is 12.2. The molecule has 0 unspecified atom stereocenters. The number of aromatic nitrogens is 1. The van der Waals surface area contributed by atoms with Crippen molar-refractivity contribution < 1.29 is 28.9 Å². The minimum Gasteiger partial charge on any atom is -0.497 e. The molecule has 2 N–H and O–H groups in total. The molecule has 0 bridgehead atoms. The Morgan fingerprint density at radius 1 is 0.974 bits per heavy atom. The van der Waals surface area contributed by atoms with Crippen LogP contribution in [-0.4, -0.2) is 42.9 Å². The third-order valence-electron chi connectivity index (χ3n) is 6.82. The zero-order valence-electron chi connectivity index (χ0n) is 22.3. The Balaban J connectivity index is 1.72. The number of carbonyl (C=O) groups excluding carboxylic acids is 1. The molecule has 38 heavy (non-hydrogen) atoms. The third kappa shape index (κ3) is 5.44. The summed E-state index contributed by atoms with van der Waals surface area (Å²) < 4.78 is 18.5. The number of benzene rings is 2. The van der Waals surface area contributed by atoms with Crippen molar-refractivity contribution in [1.82, 2.24) is 9.88 Å². The molecular formula is C30H32N2O6. The topological polar surface area (TPSA) is 99.0 Å². The van der Waals surface area contributed by atoms with Gasteiger partial charge in [0.2, 0.25) is 5.91 Å². The molecule has 0 radical (unpaired) electrons. The number of hydrogen-bond acceptors (Lipinski definition) is 5. The van der Waals surface area contributed by atoms with E-state index in [2.05, 4.69) is 5.32 Å². The van der Waals surface area contributed by atoms with Crippen molar-refractivity contribution in [2.75, 3.05) is 21.3 Å². The van der Waals surface area contributed by atoms with E-state index in [0.717, 1.165) is 39.1 Å². The van der Waals surface area contributed by atoms with Crippen molar-refractivity contribution in [3.63, 3.8) is 0 Å². The first-order chi connectivity index (χ1) is 18.2. The van der Waals surface area contributed by atoms with Crippen molar-refractivity contribution in [3.8, 4) is 17.2 Å². The number of nitrogens with zero attached hydrogens (tertiary/aromatic N) is 1. The second kappa shape index (κ2) is 11.3. The van der Waals surface area contributed by atoms with Gasteiger partial charge < -0.3 is 29.2 Å². The van der Waals surface area contributed by atoms with Gasteiger partial charge >= 0.3 is 5.97 Å². The molecule has 8 heteroatoms. The number of allylic oxidation sites excluding steroid dienone is 2. The van der Waals surface area contributed by atoms with E-state index in [1.54, 1.807) is 19.2 Å². The number of hydrogen-bond donors (Lipinski definition) is 2. The lowest BCUT2D eigenvalue weighted by Crippen LogP contribution is -2.23. The molecule has 4 rings (SSSR count). The van der Waals surface area contributed by atoms with E-state index in [-0.39, 0.29) is 18.7 Å². The maximum Gasteiger partial charge on any atom is 0.308 e. The van der Waals surface area contributed by atoms with Gasteiger partial charge in [0, 0.05) is 24.5 Å². The average molecular weight is 517 g/mol. The molecule has 0 aliphatic heterocycles. The van der Waals surface area contributed by atoms with Gasteiger partial charge in [-0.2, -0.15) is 0 Å². The molecule has 198 valence electrons. The van der Waals surface area contributed by atoms with E-state index >= 15 is 0 Å². The fourth-order valence-electron chi connectivity index (χ4n) is 4.79. The molecular weight excluding hydrogens is 484 g/mol. The second-order valence-corrected chi connectivity index (χ2v) is 9.11. The summed E-state index contributed by atoms with van der Waals surface area (Å²) >= 11 is 0. The van der Waals surface area contributed by atoms with Gasteiger partial charge in [-0.15, -0.1) is 0 Å². The number of aliphatic carboxylic acids is 1. The smallest absolute Gasteiger partial charge is 0.308 e. The Labute approximate surface area is 222 Å². The molecule has 1 aliphatic rings. The van der Waals surface area contributed by atoms with Crippen LogP contribution in [0.3, 0.4) is 0 Å². The van der Waals surface area contributed by atoms with Crippen LogP contribution in [0.4, 0.5) is 0 Å². The van der Waals surface area contributed by atoms with Crippen LogP contribution in [0.5, 0.6) is 17.2 Å². The summed E-state index contributed by atoms with van der Waals surface area (Å²) in [6, 6.07) is 13.4. The molecule has 3 aromatic rings. The molecule has 0 atom stereocenters. The Hall–Kier alpha value is -4.46. The SMILES string of the molecule is COc1ccc2c(c1)C(CC(=O)NCc1cccn1C)=C(C)/C2=C/c1cc(OC)c(CC(=O)O)c(OC)c1. The lowest BCUT2D eigenvalue weighted by Gasteiger charge is -2.14. The van der Waals surface area contributed by atoms with E-state index < -0.39 is 5.97 Å². The zero-order valence-corrected chi connectivity index (χ0v) is 22.3. The molecule has 1 aliphatic carbocycles. The van der Waals surface area contributed by atoms with Crippen LogP contribution in [0.25, 0.3) is 17.2 Å². The number of carboxylic acids is 1. The summed E-state index contributed by atoms with van der Waals surface area (Å²) in [5, 5.41) is 12.3. The van der Waals surface area contributed by atoms with Crippen molar-refractivity contribution in [1.29, 1.82) is 0 Å². The van der Waals surface area contributed by atoms with Gasteiger partial charge in [-0.1, -0.05) is 6.07 Å². The van der Waals surface area contributed by atoms with E-state index in [0.29, 0.717) is 29.4 Å². The average Bonchev–Trinajstić information content (AvgIpc) is 3.43. The predicted molar refractivity (Wildman–Crippen MR) is 146 cm³/mol. The van der Waals surface area contributed by atoms with Gasteiger partial charge in [0.25, 0.3) is 0 Å². The number of fused-ring (bicyclic) bond motifs is 1. The van der Waals surface area contributed by atoms with Gasteiger partial charge in [-0.25, -0.2) is 0 Å². The third-order valence-corrected chi connectivity index (χ3v) is 6.82. The van der Waals surface area contributed by atoms with Crippen molar-refractivity contribution in [3.05, 3.63) is 82.2 Å². The van der Waals surface area contributed by atoms with Crippen LogP contribution in [-0.2, 0) is 29.6 Å². The molecule has 8 nitrogen and oxygen atoms in total. The first-order valence-electron chi connectivity index (χ1n) is 12.2. The van der Waals surface area contributed by atoms with Gasteiger partial charge in [0.05, 0.1) is 40.7 Å². The standard InChI is InChI=1S/C30H32N2O6/c1-18-23(11-19-12-27(37-4)26(16-30(34)35)28(13-19)38-5)22-9-8-21(36-3)14-25(22)24(18)15-29(33)31-17-20-7-6-10-32(20)2/h6-14H,15-17H2,1-5H3,(H,31,33)(H,34,35)/b23-11-. The summed E-state index contributed by atoms with van der Waals surface area (Å²) in [6.07, 6.45) is 3.96. The Morgan fingerprint density at radius 2 is 1.68 bits per heavy atom. The van der Waals surface area contributed by atoms with Crippen LogP contribution in [0, 0.1) is 0 Å². The molecule has 0 saturated heterocycles. The van der Waals surface area contributed by atoms with Crippen molar-refractivity contribution in [2.24, 2.45) is 7.05 Å². The normalized spacial score (nSPS) is 13.4. The quantitative estimate of drug-likeness (QED) is 0.405. The fourth-order valence-corrected chi connectivity index (χ4v) is 4.79. The maximum atomic E-state index is 13.0. The largest absolute Gasteiger partial charge is 0.497 e. The summed E-state index contributed by atoms with van der Waals surface area (Å²) in [6.45, 7) is 2.45. The molecule has 1 heterocycles. The van der Waals surface area contributed by atoms with E-state index in [9.17, 15) is 14.7 Å². The van der Waals surface area contributed by atoms with Crippen molar-refractivity contribution in [2.45, 2.75) is 26.3 Å². The van der Waals surface area contributed by atoms with Crippen LogP contribution in [0.2, 0.25) is 0 Å². The highest BCUT2D eigenvalue weighted by atomic mass is 16.5. The van der Waals surface area contributed by atoms with Gasteiger partial charge in [-0.05, 0) is 82.8 Å². The number of nitrogens with one attached hydrogen (secondary N) is 1. The minimum absolute atomic E-state index is 0.0723. The number of carboxylic acid groups (broad SMARTS) is 1. The molecule has 1 aromatic heterocycles. The molecule has 0 fully saturated rings. The fraction of sp³-hybridized carbons (Fsp3) is 0.267. The molecule has 0 saturated carbocycles. The number of rotatable bonds is 10. The highest BCUT2D eigenvalue weighted by Gasteiger charge is 2.26. The predicted octanol–water partition coefficient (Wildman–Crippen LogP) is 4.71.